The molecule has 0 spiro atoms. The Morgan fingerprint density at radius 1 is 1.27 bits per heavy atom. The molecular formula is C15H13ClF2N2O2. The second-order valence-corrected chi connectivity index (χ2v) is 5.44. The van der Waals surface area contributed by atoms with Gasteiger partial charge in [0, 0.05) is 12.3 Å². The number of ether oxygens (including phenoxy) is 1. The largest absolute Gasteiger partial charge is 0.475 e. The number of nitrogens with zero attached hydrogens (tertiary/aromatic N) is 1. The number of anilines is 1. The maximum absolute atomic E-state index is 13.6. The lowest BCUT2D eigenvalue weighted by atomic mass is 10.1. The first-order chi connectivity index (χ1) is 10.3. The first-order valence-electron chi connectivity index (χ1n) is 6.35. The van der Waals surface area contributed by atoms with E-state index in [2.05, 4.69) is 10.3 Å². The summed E-state index contributed by atoms with van der Waals surface area (Å²) in [4.78, 5) is 16.1. The highest BCUT2D eigenvalue weighted by molar-refractivity contribution is 6.30. The number of carbonyl (C=O) groups excluding carboxylic acids is 1. The molecule has 1 aromatic heterocycles. The predicted octanol–water partition coefficient (Wildman–Crippen LogP) is 3.81. The van der Waals surface area contributed by atoms with Crippen LogP contribution in [-0.4, -0.2) is 16.5 Å². The van der Waals surface area contributed by atoms with Crippen LogP contribution in [0.4, 0.5) is 14.6 Å². The third-order valence-electron chi connectivity index (χ3n) is 2.77. The summed E-state index contributed by atoms with van der Waals surface area (Å²) in [6, 6.07) is 5.95. The Balaban J connectivity index is 2.11. The van der Waals surface area contributed by atoms with Crippen LogP contribution < -0.4 is 10.1 Å². The van der Waals surface area contributed by atoms with Crippen molar-refractivity contribution in [2.24, 2.45) is 0 Å². The van der Waals surface area contributed by atoms with Crippen LogP contribution in [-0.2, 0) is 4.79 Å². The van der Waals surface area contributed by atoms with Gasteiger partial charge >= 0.3 is 0 Å². The second kappa shape index (κ2) is 6.27. The molecule has 0 aliphatic carbocycles. The van der Waals surface area contributed by atoms with Gasteiger partial charge in [-0.25, -0.2) is 13.8 Å². The van der Waals surface area contributed by atoms with Gasteiger partial charge in [0.15, 0.2) is 17.2 Å². The Labute approximate surface area is 131 Å². The van der Waals surface area contributed by atoms with Crippen molar-refractivity contribution in [2.45, 2.75) is 19.4 Å². The van der Waals surface area contributed by atoms with E-state index in [4.69, 9.17) is 16.3 Å². The van der Waals surface area contributed by atoms with Crippen molar-refractivity contribution in [2.75, 3.05) is 5.32 Å². The smallest absolute Gasteiger partial charge is 0.269 e. The summed E-state index contributed by atoms with van der Waals surface area (Å²) in [5.41, 5.74) is -1.39. The Hall–Kier alpha value is -2.21. The number of nitrogens with one attached hydrogen (secondary N) is 1. The molecular weight excluding hydrogens is 314 g/mol. The van der Waals surface area contributed by atoms with E-state index in [0.717, 1.165) is 12.1 Å². The molecule has 4 nitrogen and oxygen atoms in total. The molecule has 1 N–H and O–H groups in total. The number of amides is 1. The lowest BCUT2D eigenvalue weighted by Crippen LogP contribution is -2.42. The Kier molecular flexibility index (Phi) is 4.61. The highest BCUT2D eigenvalue weighted by Gasteiger charge is 2.31. The minimum atomic E-state index is -1.39. The van der Waals surface area contributed by atoms with E-state index in [1.807, 2.05) is 0 Å². The Bertz CT molecular complexity index is 690. The molecule has 0 atom stereocenters. The van der Waals surface area contributed by atoms with Crippen LogP contribution >= 0.6 is 11.6 Å². The fourth-order valence-electron chi connectivity index (χ4n) is 1.60. The first-order valence-corrected chi connectivity index (χ1v) is 6.73. The quantitative estimate of drug-likeness (QED) is 0.929. The third kappa shape index (κ3) is 3.92. The number of benzene rings is 1. The normalized spacial score (nSPS) is 11.1. The van der Waals surface area contributed by atoms with Gasteiger partial charge < -0.3 is 10.1 Å². The topological polar surface area (TPSA) is 51.2 Å². The summed E-state index contributed by atoms with van der Waals surface area (Å²) in [7, 11) is 0. The van der Waals surface area contributed by atoms with E-state index < -0.39 is 23.1 Å². The standard InChI is InChI=1S/C15H13ClF2N2O2/c1-15(2,22-12-5-4-10(17)7-11(12)18)14(21)20-13-6-3-9(16)8-19-13/h3-8H,1-2H3,(H,19,20,21). The Morgan fingerprint density at radius 2 is 2.00 bits per heavy atom. The molecule has 7 heteroatoms. The SMILES string of the molecule is CC(C)(Oc1ccc(F)cc1F)C(=O)Nc1ccc(Cl)cn1. The fraction of sp³-hybridized carbons (Fsp3) is 0.200. The summed E-state index contributed by atoms with van der Waals surface area (Å²) < 4.78 is 31.8. The molecule has 2 rings (SSSR count). The zero-order chi connectivity index (χ0) is 16.3. The van der Waals surface area contributed by atoms with Crippen molar-refractivity contribution in [3.8, 4) is 5.75 Å². The second-order valence-electron chi connectivity index (χ2n) is 5.00. The van der Waals surface area contributed by atoms with Gasteiger partial charge in [0.05, 0.1) is 5.02 Å². The average molecular weight is 327 g/mol. The third-order valence-corrected chi connectivity index (χ3v) is 3.00. The van der Waals surface area contributed by atoms with E-state index in [0.29, 0.717) is 11.1 Å². The summed E-state index contributed by atoms with van der Waals surface area (Å²) in [6.45, 7) is 2.92. The highest BCUT2D eigenvalue weighted by atomic mass is 35.5. The van der Waals surface area contributed by atoms with Crippen LogP contribution in [0.15, 0.2) is 36.5 Å². The molecule has 116 valence electrons. The van der Waals surface area contributed by atoms with Gasteiger partial charge in [0.2, 0.25) is 0 Å². The van der Waals surface area contributed by atoms with Crippen LogP contribution in [0.3, 0.4) is 0 Å². The molecule has 0 aliphatic heterocycles. The summed E-state index contributed by atoms with van der Waals surface area (Å²) in [5.74, 6) is -2.08. The van der Waals surface area contributed by atoms with Crippen molar-refractivity contribution < 1.29 is 18.3 Å². The highest BCUT2D eigenvalue weighted by Crippen LogP contribution is 2.24. The maximum atomic E-state index is 13.6. The van der Waals surface area contributed by atoms with E-state index >= 15 is 0 Å². The van der Waals surface area contributed by atoms with Crippen molar-refractivity contribution in [3.05, 3.63) is 53.2 Å². The number of pyridine rings is 1. The molecule has 0 bridgehead atoms. The van der Waals surface area contributed by atoms with Gasteiger partial charge in [0.1, 0.15) is 11.6 Å². The predicted molar refractivity (Wildman–Crippen MR) is 78.9 cm³/mol. The van der Waals surface area contributed by atoms with Gasteiger partial charge in [-0.1, -0.05) is 11.6 Å². The van der Waals surface area contributed by atoms with Crippen LogP contribution in [0.25, 0.3) is 0 Å². The Morgan fingerprint density at radius 3 is 2.59 bits per heavy atom. The fourth-order valence-corrected chi connectivity index (χ4v) is 1.71. The lowest BCUT2D eigenvalue weighted by Gasteiger charge is -2.25. The average Bonchev–Trinajstić information content (AvgIpc) is 2.44. The summed E-state index contributed by atoms with van der Waals surface area (Å²) >= 11 is 5.70. The minimum Gasteiger partial charge on any atom is -0.475 e. The molecule has 2 aromatic rings. The molecule has 0 saturated heterocycles. The maximum Gasteiger partial charge on any atom is 0.269 e. The molecule has 0 radical (unpaired) electrons. The molecule has 0 aliphatic rings. The molecule has 22 heavy (non-hydrogen) atoms. The van der Waals surface area contributed by atoms with Crippen LogP contribution in [0, 0.1) is 11.6 Å². The van der Waals surface area contributed by atoms with Gasteiger partial charge in [-0.05, 0) is 38.1 Å². The molecule has 0 saturated carbocycles. The number of rotatable bonds is 4. The van der Waals surface area contributed by atoms with Gasteiger partial charge in [0.25, 0.3) is 5.91 Å². The summed E-state index contributed by atoms with van der Waals surface area (Å²) in [5, 5.41) is 2.96. The first kappa shape index (κ1) is 16.2. The van der Waals surface area contributed by atoms with E-state index in [1.165, 1.54) is 26.1 Å². The zero-order valence-electron chi connectivity index (χ0n) is 11.9. The van der Waals surface area contributed by atoms with Gasteiger partial charge in [-0.15, -0.1) is 0 Å². The van der Waals surface area contributed by atoms with E-state index in [1.54, 1.807) is 6.07 Å². The number of halogens is 3. The number of hydrogen-bond acceptors (Lipinski definition) is 3. The van der Waals surface area contributed by atoms with Crippen molar-refractivity contribution >= 4 is 23.3 Å². The van der Waals surface area contributed by atoms with Crippen LogP contribution in [0.1, 0.15) is 13.8 Å². The monoisotopic (exact) mass is 326 g/mol. The number of carbonyl (C=O) groups is 1. The van der Waals surface area contributed by atoms with Crippen molar-refractivity contribution in [3.63, 3.8) is 0 Å². The molecule has 0 fully saturated rings. The summed E-state index contributed by atoms with van der Waals surface area (Å²) in [6.07, 6.45) is 1.38. The van der Waals surface area contributed by atoms with Gasteiger partial charge in [-0.2, -0.15) is 0 Å². The van der Waals surface area contributed by atoms with Gasteiger partial charge in [-0.3, -0.25) is 4.79 Å². The number of hydrogen-bond donors (Lipinski definition) is 1. The molecule has 1 aromatic carbocycles. The van der Waals surface area contributed by atoms with E-state index in [-0.39, 0.29) is 11.6 Å². The number of aromatic nitrogens is 1. The molecule has 1 heterocycles. The van der Waals surface area contributed by atoms with Crippen molar-refractivity contribution in [1.82, 2.24) is 4.98 Å². The lowest BCUT2D eigenvalue weighted by molar-refractivity contribution is -0.128. The van der Waals surface area contributed by atoms with Crippen molar-refractivity contribution in [1.29, 1.82) is 0 Å². The molecule has 0 unspecified atom stereocenters. The van der Waals surface area contributed by atoms with Crippen LogP contribution in [0.5, 0.6) is 5.75 Å². The van der Waals surface area contributed by atoms with E-state index in [9.17, 15) is 13.6 Å². The minimum absolute atomic E-state index is 0.217. The zero-order valence-corrected chi connectivity index (χ0v) is 12.6. The molecule has 1 amide bonds. The van der Waals surface area contributed by atoms with Crippen LogP contribution in [0.2, 0.25) is 5.02 Å².